The summed E-state index contributed by atoms with van der Waals surface area (Å²) in [4.78, 5) is 22.9. The first-order valence-corrected chi connectivity index (χ1v) is 8.42. The predicted molar refractivity (Wildman–Crippen MR) is 86.3 cm³/mol. The van der Waals surface area contributed by atoms with E-state index in [0.29, 0.717) is 11.4 Å². The fourth-order valence-corrected chi connectivity index (χ4v) is 3.63. The van der Waals surface area contributed by atoms with Crippen molar-refractivity contribution in [2.45, 2.75) is 25.7 Å². The van der Waals surface area contributed by atoms with E-state index in [9.17, 15) is 9.90 Å². The van der Waals surface area contributed by atoms with E-state index < -0.39 is 5.97 Å². The Balaban J connectivity index is 1.76. The van der Waals surface area contributed by atoms with Gasteiger partial charge < -0.3 is 10.0 Å². The Morgan fingerprint density at radius 3 is 2.77 bits per heavy atom. The molecule has 0 spiro atoms. The summed E-state index contributed by atoms with van der Waals surface area (Å²) in [6, 6.07) is 5.46. The molecule has 3 heterocycles. The van der Waals surface area contributed by atoms with Crippen molar-refractivity contribution < 1.29 is 9.90 Å². The average Bonchev–Trinajstić information content (AvgIpc) is 2.99. The molecule has 0 radical (unpaired) electrons. The molecule has 1 aliphatic rings. The van der Waals surface area contributed by atoms with Crippen molar-refractivity contribution in [2.24, 2.45) is 0 Å². The SMILES string of the molecule is O=C(O)c1sc(CCN2CCCCC2)nc1-c1ccccn1. The lowest BCUT2D eigenvalue weighted by molar-refractivity contribution is 0.0702. The number of piperidine rings is 1. The van der Waals surface area contributed by atoms with E-state index in [2.05, 4.69) is 14.9 Å². The Labute approximate surface area is 133 Å². The van der Waals surface area contributed by atoms with E-state index in [4.69, 9.17) is 0 Å². The maximum atomic E-state index is 11.4. The van der Waals surface area contributed by atoms with Crippen LogP contribution in [0.4, 0.5) is 0 Å². The van der Waals surface area contributed by atoms with E-state index in [1.165, 1.54) is 30.6 Å². The number of rotatable bonds is 5. The number of hydrogen-bond acceptors (Lipinski definition) is 5. The molecule has 2 aromatic heterocycles. The van der Waals surface area contributed by atoms with Crippen LogP contribution in [0.5, 0.6) is 0 Å². The van der Waals surface area contributed by atoms with Gasteiger partial charge in [0.05, 0.1) is 10.7 Å². The second-order valence-electron chi connectivity index (χ2n) is 5.46. The summed E-state index contributed by atoms with van der Waals surface area (Å²) in [5.74, 6) is -0.928. The molecule has 0 aromatic carbocycles. The molecule has 0 bridgehead atoms. The first kappa shape index (κ1) is 15.1. The quantitative estimate of drug-likeness (QED) is 0.918. The van der Waals surface area contributed by atoms with Gasteiger partial charge in [0.25, 0.3) is 0 Å². The van der Waals surface area contributed by atoms with Crippen LogP contribution in [0, 0.1) is 0 Å². The summed E-state index contributed by atoms with van der Waals surface area (Å²) in [6.45, 7) is 3.24. The van der Waals surface area contributed by atoms with Crippen LogP contribution in [0.25, 0.3) is 11.4 Å². The summed E-state index contributed by atoms with van der Waals surface area (Å²) < 4.78 is 0. The largest absolute Gasteiger partial charge is 0.477 e. The number of carbonyl (C=O) groups is 1. The molecule has 1 N–H and O–H groups in total. The molecule has 2 aromatic rings. The lowest BCUT2D eigenvalue weighted by atomic mass is 10.1. The topological polar surface area (TPSA) is 66.3 Å². The van der Waals surface area contributed by atoms with E-state index in [-0.39, 0.29) is 4.88 Å². The summed E-state index contributed by atoms with van der Waals surface area (Å²) in [7, 11) is 0. The molecule has 1 aliphatic heterocycles. The first-order chi connectivity index (χ1) is 10.7. The minimum Gasteiger partial charge on any atom is -0.477 e. The fourth-order valence-electron chi connectivity index (χ4n) is 2.73. The van der Waals surface area contributed by atoms with Gasteiger partial charge in [0, 0.05) is 19.2 Å². The van der Waals surface area contributed by atoms with Crippen LogP contribution >= 0.6 is 11.3 Å². The maximum Gasteiger partial charge on any atom is 0.348 e. The Morgan fingerprint density at radius 1 is 1.27 bits per heavy atom. The predicted octanol–water partition coefficient (Wildman–Crippen LogP) is 2.93. The zero-order valence-electron chi connectivity index (χ0n) is 12.4. The van der Waals surface area contributed by atoms with Crippen molar-refractivity contribution in [3.8, 4) is 11.4 Å². The second kappa shape index (κ2) is 6.98. The van der Waals surface area contributed by atoms with Crippen molar-refractivity contribution in [2.75, 3.05) is 19.6 Å². The highest BCUT2D eigenvalue weighted by Crippen LogP contribution is 2.27. The third-order valence-electron chi connectivity index (χ3n) is 3.86. The minimum atomic E-state index is -0.928. The number of carboxylic acid groups (broad SMARTS) is 1. The number of likely N-dealkylation sites (tertiary alicyclic amines) is 1. The van der Waals surface area contributed by atoms with Gasteiger partial charge in [-0.15, -0.1) is 11.3 Å². The van der Waals surface area contributed by atoms with Crippen molar-refractivity contribution in [3.05, 3.63) is 34.3 Å². The molecule has 0 amide bonds. The molecule has 22 heavy (non-hydrogen) atoms. The van der Waals surface area contributed by atoms with Gasteiger partial charge >= 0.3 is 5.97 Å². The van der Waals surface area contributed by atoms with Gasteiger partial charge in [-0.2, -0.15) is 0 Å². The molecule has 1 saturated heterocycles. The summed E-state index contributed by atoms with van der Waals surface area (Å²) in [5.41, 5.74) is 1.12. The van der Waals surface area contributed by atoms with Crippen LogP contribution in [-0.2, 0) is 6.42 Å². The molecule has 116 valence electrons. The summed E-state index contributed by atoms with van der Waals surface area (Å²) >= 11 is 1.27. The number of hydrogen-bond donors (Lipinski definition) is 1. The summed E-state index contributed by atoms with van der Waals surface area (Å²) in [5, 5.41) is 10.3. The van der Waals surface area contributed by atoms with E-state index >= 15 is 0 Å². The van der Waals surface area contributed by atoms with Gasteiger partial charge in [-0.1, -0.05) is 12.5 Å². The van der Waals surface area contributed by atoms with E-state index in [1.54, 1.807) is 12.3 Å². The molecule has 0 aliphatic carbocycles. The van der Waals surface area contributed by atoms with Gasteiger partial charge in [0.1, 0.15) is 10.6 Å². The highest BCUT2D eigenvalue weighted by atomic mass is 32.1. The molecular weight excluding hydrogens is 298 g/mol. The molecule has 3 rings (SSSR count). The molecular formula is C16H19N3O2S. The summed E-state index contributed by atoms with van der Waals surface area (Å²) in [6.07, 6.45) is 6.31. The highest BCUT2D eigenvalue weighted by Gasteiger charge is 2.20. The Bertz CT molecular complexity index is 636. The lowest BCUT2D eigenvalue weighted by Gasteiger charge is -2.25. The molecule has 0 atom stereocenters. The normalized spacial score (nSPS) is 15.8. The number of thiazole rings is 1. The second-order valence-corrected chi connectivity index (χ2v) is 6.54. The van der Waals surface area contributed by atoms with Crippen LogP contribution in [0.2, 0.25) is 0 Å². The lowest BCUT2D eigenvalue weighted by Crippen LogP contribution is -2.31. The van der Waals surface area contributed by atoms with Gasteiger partial charge in [-0.25, -0.2) is 9.78 Å². The molecule has 5 nitrogen and oxygen atoms in total. The van der Waals surface area contributed by atoms with Crippen molar-refractivity contribution in [1.82, 2.24) is 14.9 Å². The zero-order valence-corrected chi connectivity index (χ0v) is 13.2. The van der Waals surface area contributed by atoms with E-state index in [1.807, 2.05) is 12.1 Å². The van der Waals surface area contributed by atoms with Crippen LogP contribution in [0.1, 0.15) is 33.9 Å². The average molecular weight is 317 g/mol. The van der Waals surface area contributed by atoms with Crippen molar-refractivity contribution in [1.29, 1.82) is 0 Å². The molecule has 6 heteroatoms. The first-order valence-electron chi connectivity index (χ1n) is 7.61. The third-order valence-corrected chi connectivity index (χ3v) is 4.97. The molecule has 1 fully saturated rings. The molecule has 0 unspecified atom stereocenters. The fraction of sp³-hybridized carbons (Fsp3) is 0.438. The highest BCUT2D eigenvalue weighted by molar-refractivity contribution is 7.14. The Morgan fingerprint density at radius 2 is 2.09 bits per heavy atom. The zero-order chi connectivity index (χ0) is 15.4. The Hall–Kier alpha value is -1.79. The maximum absolute atomic E-state index is 11.4. The molecule has 0 saturated carbocycles. The smallest absolute Gasteiger partial charge is 0.348 e. The number of aromatic carboxylic acids is 1. The van der Waals surface area contributed by atoms with Crippen molar-refractivity contribution >= 4 is 17.3 Å². The van der Waals surface area contributed by atoms with Crippen LogP contribution < -0.4 is 0 Å². The van der Waals surface area contributed by atoms with E-state index in [0.717, 1.165) is 31.1 Å². The number of aromatic nitrogens is 2. The third kappa shape index (κ3) is 3.51. The minimum absolute atomic E-state index is 0.285. The number of carboxylic acids is 1. The van der Waals surface area contributed by atoms with Gasteiger partial charge in [0.15, 0.2) is 0 Å². The monoisotopic (exact) mass is 317 g/mol. The number of pyridine rings is 1. The van der Waals surface area contributed by atoms with Crippen LogP contribution in [0.15, 0.2) is 24.4 Å². The van der Waals surface area contributed by atoms with Gasteiger partial charge in [-0.3, -0.25) is 4.98 Å². The standard InChI is InChI=1S/C16H19N3O2S/c20-16(21)15-14(12-6-2-3-8-17-12)18-13(22-15)7-11-19-9-4-1-5-10-19/h2-3,6,8H,1,4-5,7,9-11H2,(H,20,21). The van der Waals surface area contributed by atoms with Crippen LogP contribution in [-0.4, -0.2) is 45.6 Å². The van der Waals surface area contributed by atoms with Gasteiger partial charge in [0.2, 0.25) is 0 Å². The number of nitrogens with zero attached hydrogens (tertiary/aromatic N) is 3. The van der Waals surface area contributed by atoms with Crippen LogP contribution in [0.3, 0.4) is 0 Å². The van der Waals surface area contributed by atoms with Gasteiger partial charge in [-0.05, 0) is 38.1 Å². The van der Waals surface area contributed by atoms with Crippen molar-refractivity contribution in [3.63, 3.8) is 0 Å². The Kier molecular flexibility index (Phi) is 4.80.